The van der Waals surface area contributed by atoms with Crippen molar-refractivity contribution >= 4 is 17.7 Å². The van der Waals surface area contributed by atoms with Gasteiger partial charge in [0.1, 0.15) is 11.6 Å². The molecule has 1 aromatic carbocycles. The molecule has 1 aromatic heterocycles. The first kappa shape index (κ1) is 15.2. The normalized spacial score (nSPS) is 13.7. The Morgan fingerprint density at radius 1 is 1.36 bits per heavy atom. The predicted octanol–water partition coefficient (Wildman–Crippen LogP) is 3.86. The number of rotatable bonds is 4. The molecule has 0 radical (unpaired) electrons. The average Bonchev–Trinajstić information content (AvgIpc) is 2.87. The van der Waals surface area contributed by atoms with Crippen molar-refractivity contribution in [3.8, 4) is 5.75 Å². The van der Waals surface area contributed by atoms with E-state index in [9.17, 15) is 4.79 Å². The van der Waals surface area contributed by atoms with Crippen molar-refractivity contribution in [2.75, 3.05) is 5.75 Å². The van der Waals surface area contributed by atoms with Crippen LogP contribution < -0.4 is 4.74 Å². The van der Waals surface area contributed by atoms with E-state index in [0.29, 0.717) is 11.4 Å². The van der Waals surface area contributed by atoms with Crippen LogP contribution in [0.1, 0.15) is 41.8 Å². The van der Waals surface area contributed by atoms with Crippen LogP contribution in [-0.4, -0.2) is 21.3 Å². The minimum atomic E-state index is -0.345. The molecule has 1 aliphatic rings. The zero-order valence-electron chi connectivity index (χ0n) is 13.0. The van der Waals surface area contributed by atoms with Gasteiger partial charge in [-0.25, -0.2) is 9.78 Å². The molecule has 1 aliphatic heterocycles. The van der Waals surface area contributed by atoms with Gasteiger partial charge in [0, 0.05) is 6.54 Å². The summed E-state index contributed by atoms with van der Waals surface area (Å²) in [6, 6.07) is 7.66. The summed E-state index contributed by atoms with van der Waals surface area (Å²) < 4.78 is 7.77. The second-order valence-electron chi connectivity index (χ2n) is 5.33. The second-order valence-corrected chi connectivity index (χ2v) is 6.64. The molecule has 2 aromatic rings. The third-order valence-electron chi connectivity index (χ3n) is 3.85. The Labute approximate surface area is 134 Å². The lowest BCUT2D eigenvalue weighted by Crippen LogP contribution is -2.16. The lowest BCUT2D eigenvalue weighted by Gasteiger charge is -2.16. The van der Waals surface area contributed by atoms with E-state index < -0.39 is 0 Å². The topological polar surface area (TPSA) is 44.1 Å². The Morgan fingerprint density at radius 3 is 3.00 bits per heavy atom. The van der Waals surface area contributed by atoms with E-state index in [1.54, 1.807) is 11.8 Å². The van der Waals surface area contributed by atoms with Crippen LogP contribution in [0.3, 0.4) is 0 Å². The van der Waals surface area contributed by atoms with Gasteiger partial charge >= 0.3 is 5.97 Å². The number of para-hydroxylation sites is 1. The van der Waals surface area contributed by atoms with Crippen molar-refractivity contribution in [2.24, 2.45) is 0 Å². The van der Waals surface area contributed by atoms with Gasteiger partial charge in [-0.15, -0.1) is 11.8 Å². The average molecular weight is 316 g/mol. The first-order valence-corrected chi connectivity index (χ1v) is 8.69. The highest BCUT2D eigenvalue weighted by Gasteiger charge is 2.24. The molecule has 2 heterocycles. The summed E-state index contributed by atoms with van der Waals surface area (Å²) in [5.74, 6) is 2.11. The van der Waals surface area contributed by atoms with Gasteiger partial charge in [-0.3, -0.25) is 0 Å². The first-order chi connectivity index (χ1) is 10.7. The molecule has 0 saturated carbocycles. The van der Waals surface area contributed by atoms with Crippen LogP contribution >= 0.6 is 11.8 Å². The molecule has 3 rings (SSSR count). The van der Waals surface area contributed by atoms with E-state index in [0.717, 1.165) is 48.0 Å². The van der Waals surface area contributed by atoms with Crippen molar-refractivity contribution in [3.63, 3.8) is 0 Å². The number of thioether (sulfide) groups is 1. The molecule has 0 aliphatic carbocycles. The Bertz CT molecular complexity index is 694. The van der Waals surface area contributed by atoms with Gasteiger partial charge in [0.05, 0.1) is 10.6 Å². The number of hydrogen-bond acceptors (Lipinski definition) is 4. The lowest BCUT2D eigenvalue weighted by molar-refractivity contribution is 0.0723. The van der Waals surface area contributed by atoms with Gasteiger partial charge < -0.3 is 9.30 Å². The fourth-order valence-electron chi connectivity index (χ4n) is 2.84. The molecule has 0 saturated heterocycles. The number of aryl methyl sites for hydroxylation is 1. The van der Waals surface area contributed by atoms with E-state index in [1.807, 2.05) is 31.2 Å². The molecule has 0 amide bonds. The van der Waals surface area contributed by atoms with Gasteiger partial charge in [0.25, 0.3) is 0 Å². The quantitative estimate of drug-likeness (QED) is 0.488. The molecule has 116 valence electrons. The summed E-state index contributed by atoms with van der Waals surface area (Å²) in [7, 11) is 0. The van der Waals surface area contributed by atoms with E-state index in [4.69, 9.17) is 4.74 Å². The van der Waals surface area contributed by atoms with Crippen LogP contribution in [0.15, 0.2) is 29.2 Å². The van der Waals surface area contributed by atoms with Crippen LogP contribution in [0.5, 0.6) is 5.75 Å². The molecule has 5 heteroatoms. The summed E-state index contributed by atoms with van der Waals surface area (Å²) >= 11 is 1.67. The number of benzene rings is 1. The van der Waals surface area contributed by atoms with Gasteiger partial charge in [-0.05, 0) is 44.1 Å². The first-order valence-electron chi connectivity index (χ1n) is 7.70. The molecule has 0 fully saturated rings. The number of hydrogen-bond donors (Lipinski definition) is 0. The molecule has 0 unspecified atom stereocenters. The van der Waals surface area contributed by atoms with E-state index in [2.05, 4.69) is 16.5 Å². The highest BCUT2D eigenvalue weighted by Crippen LogP contribution is 2.30. The van der Waals surface area contributed by atoms with Gasteiger partial charge in [-0.1, -0.05) is 19.1 Å². The Hall–Kier alpha value is -1.75. The molecule has 0 bridgehead atoms. The largest absolute Gasteiger partial charge is 0.421 e. The number of aromatic nitrogens is 2. The maximum Gasteiger partial charge on any atom is 0.364 e. The van der Waals surface area contributed by atoms with Gasteiger partial charge in [0.2, 0.25) is 0 Å². The zero-order valence-corrected chi connectivity index (χ0v) is 13.8. The molecular weight excluding hydrogens is 296 g/mol. The summed E-state index contributed by atoms with van der Waals surface area (Å²) in [4.78, 5) is 18.0. The summed E-state index contributed by atoms with van der Waals surface area (Å²) in [6.07, 6.45) is 3.15. The SMILES string of the molecule is CCSc1ccccc1OC(=O)c1nc(C)n2c1CCCC2. The van der Waals surface area contributed by atoms with Crippen molar-refractivity contribution in [1.29, 1.82) is 0 Å². The minimum absolute atomic E-state index is 0.345. The monoisotopic (exact) mass is 316 g/mol. The number of imidazole rings is 1. The Kier molecular flexibility index (Phi) is 4.52. The molecular formula is C17H20N2O2S. The smallest absolute Gasteiger partial charge is 0.364 e. The van der Waals surface area contributed by atoms with E-state index in [-0.39, 0.29) is 5.97 Å². The van der Waals surface area contributed by atoms with Crippen LogP contribution in [0.2, 0.25) is 0 Å². The van der Waals surface area contributed by atoms with Crippen molar-refractivity contribution in [1.82, 2.24) is 9.55 Å². The third-order valence-corrected chi connectivity index (χ3v) is 4.79. The zero-order chi connectivity index (χ0) is 15.5. The number of nitrogens with zero attached hydrogens (tertiary/aromatic N) is 2. The third kappa shape index (κ3) is 2.90. The number of fused-ring (bicyclic) bond motifs is 1. The van der Waals surface area contributed by atoms with E-state index >= 15 is 0 Å². The fourth-order valence-corrected chi connectivity index (χ4v) is 3.58. The Morgan fingerprint density at radius 2 is 2.18 bits per heavy atom. The maximum atomic E-state index is 12.5. The number of carbonyl (C=O) groups excluding carboxylic acids is 1. The van der Waals surface area contributed by atoms with Crippen molar-refractivity contribution < 1.29 is 9.53 Å². The predicted molar refractivity (Wildman–Crippen MR) is 87.7 cm³/mol. The molecule has 0 atom stereocenters. The standard InChI is InChI=1S/C17H20N2O2S/c1-3-22-15-10-5-4-9-14(15)21-17(20)16-13-8-6-7-11-19(13)12(2)18-16/h4-5,9-10H,3,6-8,11H2,1-2H3. The van der Waals surface area contributed by atoms with Crippen molar-refractivity contribution in [3.05, 3.63) is 41.5 Å². The van der Waals surface area contributed by atoms with Crippen LogP contribution in [0.4, 0.5) is 0 Å². The molecule has 0 N–H and O–H groups in total. The van der Waals surface area contributed by atoms with Crippen molar-refractivity contribution in [2.45, 2.75) is 44.6 Å². The minimum Gasteiger partial charge on any atom is -0.421 e. The lowest BCUT2D eigenvalue weighted by atomic mass is 10.1. The maximum absolute atomic E-state index is 12.5. The number of ether oxygens (including phenoxy) is 1. The van der Waals surface area contributed by atoms with Gasteiger partial charge in [0.15, 0.2) is 5.69 Å². The Balaban J connectivity index is 1.87. The summed E-state index contributed by atoms with van der Waals surface area (Å²) in [5, 5.41) is 0. The number of esters is 1. The summed E-state index contributed by atoms with van der Waals surface area (Å²) in [5.41, 5.74) is 1.50. The second kappa shape index (κ2) is 6.57. The van der Waals surface area contributed by atoms with Crippen LogP contribution in [0.25, 0.3) is 0 Å². The highest BCUT2D eigenvalue weighted by atomic mass is 32.2. The highest BCUT2D eigenvalue weighted by molar-refractivity contribution is 7.99. The van der Waals surface area contributed by atoms with E-state index in [1.165, 1.54) is 0 Å². The van der Waals surface area contributed by atoms with Crippen LogP contribution in [-0.2, 0) is 13.0 Å². The molecule has 0 spiro atoms. The van der Waals surface area contributed by atoms with Gasteiger partial charge in [-0.2, -0.15) is 0 Å². The molecule has 4 nitrogen and oxygen atoms in total. The molecule has 22 heavy (non-hydrogen) atoms. The fraction of sp³-hybridized carbons (Fsp3) is 0.412. The van der Waals surface area contributed by atoms with Crippen LogP contribution in [0, 0.1) is 6.92 Å². The summed E-state index contributed by atoms with van der Waals surface area (Å²) in [6.45, 7) is 4.98. The number of carbonyl (C=O) groups is 1.